The van der Waals surface area contributed by atoms with Gasteiger partial charge in [0.25, 0.3) is 0 Å². The fourth-order valence-corrected chi connectivity index (χ4v) is 3.64. The number of aromatic nitrogens is 4. The summed E-state index contributed by atoms with van der Waals surface area (Å²) in [6.07, 6.45) is 11.2. The summed E-state index contributed by atoms with van der Waals surface area (Å²) in [6.45, 7) is 0.290. The van der Waals surface area contributed by atoms with E-state index in [0.717, 1.165) is 17.0 Å². The van der Waals surface area contributed by atoms with Gasteiger partial charge >= 0.3 is 0 Å². The first-order chi connectivity index (χ1) is 16.6. The van der Waals surface area contributed by atoms with Crippen molar-refractivity contribution in [3.8, 4) is 5.75 Å². The van der Waals surface area contributed by atoms with Gasteiger partial charge in [-0.3, -0.25) is 10.1 Å². The first kappa shape index (κ1) is 21.4. The van der Waals surface area contributed by atoms with Gasteiger partial charge in [-0.2, -0.15) is 5.10 Å². The van der Waals surface area contributed by atoms with Crippen LogP contribution in [0.25, 0.3) is 35.2 Å². The quantitative estimate of drug-likeness (QED) is 0.314. The summed E-state index contributed by atoms with van der Waals surface area (Å²) < 4.78 is 22.3. The predicted octanol–water partition coefficient (Wildman–Crippen LogP) is 6.36. The number of nitrogens with zero attached hydrogens (tertiary/aromatic N) is 3. The third-order valence-corrected chi connectivity index (χ3v) is 5.50. The number of aromatic amines is 1. The average molecular weight is 451 g/mol. The number of pyridine rings is 1. The van der Waals surface area contributed by atoms with E-state index in [4.69, 9.17) is 4.74 Å². The Morgan fingerprint density at radius 3 is 2.76 bits per heavy atom. The number of H-pyrrole nitrogens is 1. The largest absolute Gasteiger partial charge is 0.487 e. The number of aryl methyl sites for hydroxylation is 1. The van der Waals surface area contributed by atoms with E-state index in [-0.39, 0.29) is 12.4 Å². The van der Waals surface area contributed by atoms with Crippen molar-refractivity contribution < 1.29 is 9.13 Å². The average Bonchev–Trinajstić information content (AvgIpc) is 3.48. The minimum Gasteiger partial charge on any atom is -0.487 e. The van der Waals surface area contributed by atoms with Crippen LogP contribution in [0.15, 0.2) is 79.1 Å². The maximum atomic E-state index is 14.5. The molecule has 2 aromatic carbocycles. The molecular formula is C28H23FN4O. The van der Waals surface area contributed by atoms with Crippen LogP contribution in [0.5, 0.6) is 5.75 Å². The minimum atomic E-state index is -0.360. The highest BCUT2D eigenvalue weighted by molar-refractivity contribution is 5.84. The molecule has 0 bridgehead atoms. The van der Waals surface area contributed by atoms with Crippen LogP contribution in [-0.4, -0.2) is 19.7 Å². The van der Waals surface area contributed by atoms with Crippen LogP contribution >= 0.6 is 0 Å². The Labute approximate surface area is 196 Å². The van der Waals surface area contributed by atoms with E-state index < -0.39 is 0 Å². The minimum absolute atomic E-state index is 0.290. The van der Waals surface area contributed by atoms with E-state index in [1.807, 2.05) is 43.5 Å². The van der Waals surface area contributed by atoms with Crippen LogP contribution in [0, 0.1) is 5.82 Å². The van der Waals surface area contributed by atoms with Gasteiger partial charge in [0.05, 0.1) is 17.1 Å². The first-order valence-corrected chi connectivity index (χ1v) is 10.9. The fourth-order valence-electron chi connectivity index (χ4n) is 3.64. The molecule has 3 aromatic heterocycles. The van der Waals surface area contributed by atoms with Gasteiger partial charge in [-0.25, -0.2) is 4.39 Å². The number of ether oxygens (including phenoxy) is 1. The van der Waals surface area contributed by atoms with Crippen molar-refractivity contribution in [2.24, 2.45) is 7.05 Å². The van der Waals surface area contributed by atoms with E-state index in [9.17, 15) is 4.39 Å². The summed E-state index contributed by atoms with van der Waals surface area (Å²) in [7, 11) is 2.04. The molecule has 0 aliphatic heterocycles. The predicted molar refractivity (Wildman–Crippen MR) is 134 cm³/mol. The zero-order valence-electron chi connectivity index (χ0n) is 18.6. The topological polar surface area (TPSA) is 55.7 Å². The van der Waals surface area contributed by atoms with Crippen molar-refractivity contribution in [3.05, 3.63) is 113 Å². The Morgan fingerprint density at radius 2 is 1.91 bits per heavy atom. The lowest BCUT2D eigenvalue weighted by Gasteiger charge is -2.06. The van der Waals surface area contributed by atoms with Crippen LogP contribution in [0.3, 0.4) is 0 Å². The summed E-state index contributed by atoms with van der Waals surface area (Å²) in [6, 6.07) is 20.8. The van der Waals surface area contributed by atoms with Gasteiger partial charge in [0.15, 0.2) is 0 Å². The highest BCUT2D eigenvalue weighted by atomic mass is 19.1. The maximum absolute atomic E-state index is 14.5. The third kappa shape index (κ3) is 4.96. The second-order valence-corrected chi connectivity index (χ2v) is 7.95. The summed E-state index contributed by atoms with van der Waals surface area (Å²) in [5, 5.41) is 8.50. The van der Waals surface area contributed by atoms with Gasteiger partial charge in [0, 0.05) is 36.6 Å². The van der Waals surface area contributed by atoms with Crippen LogP contribution in [0.4, 0.5) is 4.39 Å². The van der Waals surface area contributed by atoms with Gasteiger partial charge in [-0.05, 0) is 71.6 Å². The van der Waals surface area contributed by atoms with Crippen molar-refractivity contribution in [2.45, 2.75) is 6.61 Å². The van der Waals surface area contributed by atoms with Gasteiger partial charge in [-0.1, -0.05) is 24.3 Å². The molecule has 0 atom stereocenters. The van der Waals surface area contributed by atoms with Gasteiger partial charge in [-0.15, -0.1) is 0 Å². The SMILES string of the molecule is Cn1ccc2ccc(C=Cc3cc(C=Cc4ccc(OCc5ccccn5)cc4F)n[nH]3)cc21. The van der Waals surface area contributed by atoms with Crippen molar-refractivity contribution in [1.29, 1.82) is 0 Å². The van der Waals surface area contributed by atoms with E-state index in [1.165, 1.54) is 17.0 Å². The number of benzene rings is 2. The summed E-state index contributed by atoms with van der Waals surface area (Å²) in [5.41, 5.74) is 5.12. The molecule has 5 rings (SSSR count). The van der Waals surface area contributed by atoms with Gasteiger partial charge in [0.2, 0.25) is 0 Å². The smallest absolute Gasteiger partial charge is 0.134 e. The molecule has 0 aliphatic carbocycles. The monoisotopic (exact) mass is 450 g/mol. The molecule has 34 heavy (non-hydrogen) atoms. The third-order valence-electron chi connectivity index (χ3n) is 5.50. The summed E-state index contributed by atoms with van der Waals surface area (Å²) >= 11 is 0. The number of rotatable bonds is 7. The van der Waals surface area contributed by atoms with Gasteiger partial charge in [0.1, 0.15) is 18.2 Å². The molecule has 0 spiro atoms. The number of fused-ring (bicyclic) bond motifs is 1. The number of halogens is 1. The zero-order valence-corrected chi connectivity index (χ0v) is 18.6. The Hall–Kier alpha value is -4.45. The molecule has 0 aliphatic rings. The van der Waals surface area contributed by atoms with Crippen LogP contribution < -0.4 is 4.74 Å². The Kier molecular flexibility index (Phi) is 6.03. The fraction of sp³-hybridized carbons (Fsp3) is 0.0714. The molecular weight excluding hydrogens is 427 g/mol. The van der Waals surface area contributed by atoms with Crippen molar-refractivity contribution >= 4 is 35.2 Å². The lowest BCUT2D eigenvalue weighted by molar-refractivity contribution is 0.300. The Bertz CT molecular complexity index is 1480. The Balaban J connectivity index is 1.23. The van der Waals surface area contributed by atoms with Crippen molar-refractivity contribution in [2.75, 3.05) is 0 Å². The second kappa shape index (κ2) is 9.58. The molecule has 0 radical (unpaired) electrons. The molecule has 3 heterocycles. The molecule has 168 valence electrons. The first-order valence-electron chi connectivity index (χ1n) is 10.9. The summed E-state index contributed by atoms with van der Waals surface area (Å²) in [5.74, 6) is 0.0996. The molecule has 0 amide bonds. The molecule has 0 unspecified atom stereocenters. The highest BCUT2D eigenvalue weighted by Crippen LogP contribution is 2.21. The van der Waals surface area contributed by atoms with Crippen LogP contribution in [0.1, 0.15) is 28.2 Å². The van der Waals surface area contributed by atoms with Crippen molar-refractivity contribution in [1.82, 2.24) is 19.7 Å². The zero-order chi connectivity index (χ0) is 23.3. The molecule has 0 saturated heterocycles. The lowest BCUT2D eigenvalue weighted by atomic mass is 10.1. The molecule has 6 heteroatoms. The second-order valence-electron chi connectivity index (χ2n) is 7.95. The van der Waals surface area contributed by atoms with E-state index in [2.05, 4.69) is 50.2 Å². The molecule has 1 N–H and O–H groups in total. The number of hydrogen-bond donors (Lipinski definition) is 1. The normalized spacial score (nSPS) is 11.7. The molecule has 0 fully saturated rings. The summed E-state index contributed by atoms with van der Waals surface area (Å²) in [4.78, 5) is 4.20. The van der Waals surface area contributed by atoms with E-state index in [1.54, 1.807) is 30.5 Å². The van der Waals surface area contributed by atoms with Crippen LogP contribution in [-0.2, 0) is 13.7 Å². The highest BCUT2D eigenvalue weighted by Gasteiger charge is 2.04. The standard InChI is InChI=1S/C28H23FN4O/c1-33-15-13-22-7-5-20(16-28(22)33)6-10-23-17-24(32-31-23)11-8-21-9-12-26(18-27(21)29)34-19-25-4-2-3-14-30-25/h2-18H,19H2,1H3,(H,31,32). The molecule has 0 saturated carbocycles. The van der Waals surface area contributed by atoms with Crippen molar-refractivity contribution in [3.63, 3.8) is 0 Å². The van der Waals surface area contributed by atoms with E-state index in [0.29, 0.717) is 17.0 Å². The van der Waals surface area contributed by atoms with E-state index >= 15 is 0 Å². The number of nitrogens with one attached hydrogen (secondary N) is 1. The lowest BCUT2D eigenvalue weighted by Crippen LogP contribution is -1.98. The number of hydrogen-bond acceptors (Lipinski definition) is 3. The molecule has 5 nitrogen and oxygen atoms in total. The molecule has 5 aromatic rings. The van der Waals surface area contributed by atoms with Crippen LogP contribution in [0.2, 0.25) is 0 Å². The van der Waals surface area contributed by atoms with Gasteiger partial charge < -0.3 is 9.30 Å². The maximum Gasteiger partial charge on any atom is 0.134 e. The Morgan fingerprint density at radius 1 is 0.971 bits per heavy atom.